The molecule has 0 atom stereocenters. The molecule has 6 heteroatoms. The molecule has 0 radical (unpaired) electrons. The molecule has 0 aliphatic rings. The number of hydrogen-bond acceptors (Lipinski definition) is 4. The van der Waals surface area contributed by atoms with Crippen molar-refractivity contribution in [2.24, 2.45) is 0 Å². The Morgan fingerprint density at radius 3 is 2.73 bits per heavy atom. The average molecular weight is 302 g/mol. The Bertz CT molecular complexity index is 754. The van der Waals surface area contributed by atoms with Gasteiger partial charge in [0.1, 0.15) is 23.3 Å². The number of methoxy groups -OCH3 is 1. The topological polar surface area (TPSA) is 62.1 Å². The molecule has 0 heterocycles. The van der Waals surface area contributed by atoms with Crippen LogP contribution in [0.25, 0.3) is 0 Å². The minimum atomic E-state index is -0.656. The summed E-state index contributed by atoms with van der Waals surface area (Å²) in [4.78, 5) is 11.4. The number of carbonyl (C=O) groups is 1. The van der Waals surface area contributed by atoms with Gasteiger partial charge in [-0.25, -0.2) is 13.6 Å². The maximum atomic E-state index is 13.8. The largest absolute Gasteiger partial charge is 0.465 e. The lowest BCUT2D eigenvalue weighted by Crippen LogP contribution is -2.07. The summed E-state index contributed by atoms with van der Waals surface area (Å²) in [6.07, 6.45) is 0. The van der Waals surface area contributed by atoms with Crippen molar-refractivity contribution >= 4 is 11.7 Å². The number of halogens is 2. The van der Waals surface area contributed by atoms with Crippen molar-refractivity contribution in [3.8, 4) is 6.07 Å². The number of nitrogens with zero attached hydrogens (tertiary/aromatic N) is 1. The zero-order valence-corrected chi connectivity index (χ0v) is 11.7. The van der Waals surface area contributed by atoms with E-state index >= 15 is 0 Å². The molecule has 0 saturated carbocycles. The molecule has 0 aromatic heterocycles. The van der Waals surface area contributed by atoms with E-state index in [2.05, 4.69) is 10.1 Å². The number of hydrogen-bond donors (Lipinski definition) is 1. The quantitative estimate of drug-likeness (QED) is 0.881. The molecule has 0 aliphatic carbocycles. The summed E-state index contributed by atoms with van der Waals surface area (Å²) >= 11 is 0. The van der Waals surface area contributed by atoms with Crippen LogP contribution in [0.4, 0.5) is 14.5 Å². The Morgan fingerprint density at radius 2 is 2.05 bits per heavy atom. The van der Waals surface area contributed by atoms with E-state index in [0.717, 1.165) is 6.07 Å². The van der Waals surface area contributed by atoms with Gasteiger partial charge in [-0.1, -0.05) is 6.07 Å². The second-order valence-electron chi connectivity index (χ2n) is 4.43. The Labute approximate surface area is 125 Å². The number of carbonyl (C=O) groups excluding carboxylic acids is 1. The van der Waals surface area contributed by atoms with Crippen molar-refractivity contribution in [2.75, 3.05) is 12.4 Å². The van der Waals surface area contributed by atoms with Gasteiger partial charge in [0.25, 0.3) is 0 Å². The third-order valence-electron chi connectivity index (χ3n) is 3.06. The highest BCUT2D eigenvalue weighted by Crippen LogP contribution is 2.20. The monoisotopic (exact) mass is 302 g/mol. The Morgan fingerprint density at radius 1 is 1.27 bits per heavy atom. The molecule has 0 aliphatic heterocycles. The molecule has 2 aromatic rings. The van der Waals surface area contributed by atoms with Crippen molar-refractivity contribution < 1.29 is 18.3 Å². The lowest BCUT2D eigenvalue weighted by atomic mass is 10.1. The first-order valence-electron chi connectivity index (χ1n) is 6.36. The SMILES string of the molecule is COC(=O)c1ccc(F)c(CNc2cccc(F)c2C#N)c1. The molecule has 4 nitrogen and oxygen atoms in total. The molecule has 0 fully saturated rings. The maximum Gasteiger partial charge on any atom is 0.337 e. The molecule has 0 saturated heterocycles. The Kier molecular flexibility index (Phi) is 4.69. The van der Waals surface area contributed by atoms with Gasteiger partial charge in [-0.05, 0) is 30.3 Å². The smallest absolute Gasteiger partial charge is 0.337 e. The van der Waals surface area contributed by atoms with Crippen LogP contribution in [-0.4, -0.2) is 13.1 Å². The number of nitriles is 1. The van der Waals surface area contributed by atoms with E-state index in [-0.39, 0.29) is 28.9 Å². The summed E-state index contributed by atoms with van der Waals surface area (Å²) in [6, 6.07) is 9.69. The van der Waals surface area contributed by atoms with E-state index < -0.39 is 17.6 Å². The van der Waals surface area contributed by atoms with Crippen LogP contribution in [0.1, 0.15) is 21.5 Å². The molecule has 0 amide bonds. The van der Waals surface area contributed by atoms with E-state index in [4.69, 9.17) is 5.26 Å². The van der Waals surface area contributed by atoms with Crippen LogP contribution in [-0.2, 0) is 11.3 Å². The van der Waals surface area contributed by atoms with E-state index in [0.29, 0.717) is 0 Å². The molecule has 1 N–H and O–H groups in total. The van der Waals surface area contributed by atoms with Crippen LogP contribution < -0.4 is 5.32 Å². The zero-order valence-electron chi connectivity index (χ0n) is 11.7. The summed E-state index contributed by atoms with van der Waals surface area (Å²) < 4.78 is 31.8. The zero-order chi connectivity index (χ0) is 16.1. The molecule has 2 aromatic carbocycles. The van der Waals surface area contributed by atoms with Crippen molar-refractivity contribution in [2.45, 2.75) is 6.54 Å². The minimum absolute atomic E-state index is 0.00516. The highest BCUT2D eigenvalue weighted by molar-refractivity contribution is 5.89. The standard InChI is InChI=1S/C16H12F2N2O2/c1-22-16(21)10-5-6-13(17)11(7-10)9-20-15-4-2-3-14(18)12(15)8-19/h2-7,20H,9H2,1H3. The fraction of sp³-hybridized carbons (Fsp3) is 0.125. The van der Waals surface area contributed by atoms with Gasteiger partial charge in [-0.3, -0.25) is 0 Å². The number of benzene rings is 2. The predicted octanol–water partition coefficient (Wildman–Crippen LogP) is 3.24. The van der Waals surface area contributed by atoms with E-state index in [9.17, 15) is 13.6 Å². The third-order valence-corrected chi connectivity index (χ3v) is 3.06. The summed E-state index contributed by atoms with van der Waals surface area (Å²) in [5.41, 5.74) is 0.522. The van der Waals surface area contributed by atoms with Gasteiger partial charge < -0.3 is 10.1 Å². The van der Waals surface area contributed by atoms with Crippen LogP contribution >= 0.6 is 0 Å². The van der Waals surface area contributed by atoms with Gasteiger partial charge in [0.2, 0.25) is 0 Å². The lowest BCUT2D eigenvalue weighted by molar-refractivity contribution is 0.0600. The molecule has 2 rings (SSSR count). The van der Waals surface area contributed by atoms with Gasteiger partial charge in [-0.2, -0.15) is 5.26 Å². The van der Waals surface area contributed by atoms with Crippen LogP contribution in [0.15, 0.2) is 36.4 Å². The van der Waals surface area contributed by atoms with E-state index in [1.54, 1.807) is 6.07 Å². The number of rotatable bonds is 4. The highest BCUT2D eigenvalue weighted by Gasteiger charge is 2.11. The molecule has 112 valence electrons. The average Bonchev–Trinajstić information content (AvgIpc) is 2.53. The van der Waals surface area contributed by atoms with E-state index in [1.165, 1.54) is 37.4 Å². The van der Waals surface area contributed by atoms with Crippen molar-refractivity contribution in [1.29, 1.82) is 5.26 Å². The Balaban J connectivity index is 2.24. The molecule has 22 heavy (non-hydrogen) atoms. The number of esters is 1. The van der Waals surface area contributed by atoms with Crippen molar-refractivity contribution in [3.63, 3.8) is 0 Å². The lowest BCUT2D eigenvalue weighted by Gasteiger charge is -2.10. The van der Waals surface area contributed by atoms with Crippen LogP contribution in [0.2, 0.25) is 0 Å². The summed E-state index contributed by atoms with van der Waals surface area (Å²) in [7, 11) is 1.23. The summed E-state index contributed by atoms with van der Waals surface area (Å²) in [5, 5.41) is 11.7. The van der Waals surface area contributed by atoms with Crippen LogP contribution in [0.3, 0.4) is 0 Å². The van der Waals surface area contributed by atoms with E-state index in [1.807, 2.05) is 0 Å². The maximum absolute atomic E-state index is 13.8. The molecule has 0 bridgehead atoms. The Hall–Kier alpha value is -2.94. The van der Waals surface area contributed by atoms with Gasteiger partial charge >= 0.3 is 5.97 Å². The second-order valence-corrected chi connectivity index (χ2v) is 4.43. The fourth-order valence-electron chi connectivity index (χ4n) is 1.93. The summed E-state index contributed by atoms with van der Waals surface area (Å²) in [5.74, 6) is -1.75. The van der Waals surface area contributed by atoms with Crippen LogP contribution in [0, 0.1) is 23.0 Å². The molecular formula is C16H12F2N2O2. The first-order valence-corrected chi connectivity index (χ1v) is 6.36. The van der Waals surface area contributed by atoms with Crippen molar-refractivity contribution in [1.82, 2.24) is 0 Å². The van der Waals surface area contributed by atoms with Gasteiger partial charge in [-0.15, -0.1) is 0 Å². The first kappa shape index (κ1) is 15.4. The summed E-state index contributed by atoms with van der Waals surface area (Å²) in [6.45, 7) is -0.00516. The predicted molar refractivity (Wildman–Crippen MR) is 76.2 cm³/mol. The first-order chi connectivity index (χ1) is 10.6. The number of anilines is 1. The fourth-order valence-corrected chi connectivity index (χ4v) is 1.93. The molecule has 0 unspecified atom stereocenters. The minimum Gasteiger partial charge on any atom is -0.465 e. The van der Waals surface area contributed by atoms with Crippen molar-refractivity contribution in [3.05, 3.63) is 64.7 Å². The molecular weight excluding hydrogens is 290 g/mol. The van der Waals surface area contributed by atoms with Gasteiger partial charge in [0.15, 0.2) is 0 Å². The van der Waals surface area contributed by atoms with Gasteiger partial charge in [0, 0.05) is 12.1 Å². The second kappa shape index (κ2) is 6.68. The normalized spacial score (nSPS) is 9.91. The van der Waals surface area contributed by atoms with Gasteiger partial charge in [0.05, 0.1) is 18.4 Å². The highest BCUT2D eigenvalue weighted by atomic mass is 19.1. The number of nitrogens with one attached hydrogen (secondary N) is 1. The third kappa shape index (κ3) is 3.20. The van der Waals surface area contributed by atoms with Crippen LogP contribution in [0.5, 0.6) is 0 Å². The molecule has 0 spiro atoms. The number of ether oxygens (including phenoxy) is 1.